The number of carbonyl (C=O) groups excluding carboxylic acids is 2. The Morgan fingerprint density at radius 1 is 1.20 bits per heavy atom. The summed E-state index contributed by atoms with van der Waals surface area (Å²) in [6.07, 6.45) is 3.88. The van der Waals surface area contributed by atoms with Crippen LogP contribution in [0.25, 0.3) is 0 Å². The number of rotatable bonds is 5. The zero-order chi connectivity index (χ0) is 17.8. The number of anilines is 2. The highest BCUT2D eigenvalue weighted by Crippen LogP contribution is 2.38. The number of carbonyl (C=O) groups is 2. The average molecular weight is 362 g/mol. The molecular formula is C18H19FN2O3S. The van der Waals surface area contributed by atoms with E-state index in [0.29, 0.717) is 16.3 Å². The van der Waals surface area contributed by atoms with E-state index in [-0.39, 0.29) is 18.3 Å². The highest BCUT2D eigenvalue weighted by atomic mass is 32.1. The smallest absolute Gasteiger partial charge is 0.341 e. The average Bonchev–Trinajstić information content (AvgIpc) is 2.98. The quantitative estimate of drug-likeness (QED) is 0.798. The molecule has 2 aromatic rings. The van der Waals surface area contributed by atoms with Gasteiger partial charge < -0.3 is 15.4 Å². The molecule has 0 atom stereocenters. The molecule has 7 heteroatoms. The first kappa shape index (κ1) is 17.4. The van der Waals surface area contributed by atoms with Gasteiger partial charge in [-0.25, -0.2) is 9.18 Å². The highest BCUT2D eigenvalue weighted by Gasteiger charge is 2.26. The Balaban J connectivity index is 1.71. The molecule has 0 saturated carbocycles. The van der Waals surface area contributed by atoms with Gasteiger partial charge in [0.1, 0.15) is 10.8 Å². The summed E-state index contributed by atoms with van der Waals surface area (Å²) in [5.41, 5.74) is 2.14. The molecule has 2 N–H and O–H groups in total. The molecule has 0 bridgehead atoms. The van der Waals surface area contributed by atoms with Gasteiger partial charge in [-0.2, -0.15) is 0 Å². The Morgan fingerprint density at radius 3 is 2.64 bits per heavy atom. The van der Waals surface area contributed by atoms with Crippen molar-refractivity contribution in [3.63, 3.8) is 0 Å². The second-order valence-electron chi connectivity index (χ2n) is 5.82. The normalized spacial score (nSPS) is 13.0. The SMILES string of the molecule is COC(=O)c1c(NC(=O)CNc2ccc(F)cc2)sc2c1CCCC2. The van der Waals surface area contributed by atoms with Crippen molar-refractivity contribution in [3.05, 3.63) is 46.1 Å². The van der Waals surface area contributed by atoms with E-state index >= 15 is 0 Å². The van der Waals surface area contributed by atoms with E-state index in [1.807, 2.05) is 0 Å². The van der Waals surface area contributed by atoms with Gasteiger partial charge in [0.25, 0.3) is 0 Å². The number of hydrogen-bond acceptors (Lipinski definition) is 5. The Bertz CT molecular complexity index is 786. The van der Waals surface area contributed by atoms with E-state index < -0.39 is 5.97 Å². The number of amides is 1. The van der Waals surface area contributed by atoms with Crippen LogP contribution in [-0.2, 0) is 22.4 Å². The van der Waals surface area contributed by atoms with Crippen LogP contribution in [0.3, 0.4) is 0 Å². The van der Waals surface area contributed by atoms with Crippen LogP contribution >= 0.6 is 11.3 Å². The summed E-state index contributed by atoms with van der Waals surface area (Å²) in [5, 5.41) is 6.28. The van der Waals surface area contributed by atoms with Crippen molar-refractivity contribution in [2.45, 2.75) is 25.7 Å². The van der Waals surface area contributed by atoms with Crippen LogP contribution in [0.4, 0.5) is 15.1 Å². The van der Waals surface area contributed by atoms with E-state index in [2.05, 4.69) is 10.6 Å². The van der Waals surface area contributed by atoms with Gasteiger partial charge >= 0.3 is 5.97 Å². The highest BCUT2D eigenvalue weighted by molar-refractivity contribution is 7.17. The zero-order valence-electron chi connectivity index (χ0n) is 13.9. The van der Waals surface area contributed by atoms with Gasteiger partial charge in [-0.1, -0.05) is 0 Å². The molecule has 0 saturated heterocycles. The van der Waals surface area contributed by atoms with Crippen molar-refractivity contribution in [1.82, 2.24) is 0 Å². The van der Waals surface area contributed by atoms with E-state index in [1.165, 1.54) is 30.6 Å². The summed E-state index contributed by atoms with van der Waals surface area (Å²) in [6.45, 7) is 0.0226. The van der Waals surface area contributed by atoms with Gasteiger partial charge in [0, 0.05) is 10.6 Å². The molecule has 3 rings (SSSR count). The molecule has 0 radical (unpaired) electrons. The summed E-state index contributed by atoms with van der Waals surface area (Å²) >= 11 is 1.45. The van der Waals surface area contributed by atoms with Gasteiger partial charge in [-0.3, -0.25) is 4.79 Å². The number of esters is 1. The first-order chi connectivity index (χ1) is 12.1. The van der Waals surface area contributed by atoms with Crippen molar-refractivity contribution in [3.8, 4) is 0 Å². The van der Waals surface area contributed by atoms with Crippen molar-refractivity contribution >= 4 is 33.9 Å². The minimum Gasteiger partial charge on any atom is -0.465 e. The number of fused-ring (bicyclic) bond motifs is 1. The molecule has 1 aliphatic rings. The number of methoxy groups -OCH3 is 1. The fourth-order valence-electron chi connectivity index (χ4n) is 2.89. The maximum Gasteiger partial charge on any atom is 0.341 e. The second kappa shape index (κ2) is 7.65. The van der Waals surface area contributed by atoms with Crippen LogP contribution in [0, 0.1) is 5.82 Å². The number of aryl methyl sites for hydroxylation is 1. The lowest BCUT2D eigenvalue weighted by atomic mass is 9.95. The van der Waals surface area contributed by atoms with Gasteiger partial charge in [0.15, 0.2) is 0 Å². The van der Waals surface area contributed by atoms with Crippen LogP contribution < -0.4 is 10.6 Å². The Hall–Kier alpha value is -2.41. The van der Waals surface area contributed by atoms with Crippen LogP contribution in [-0.4, -0.2) is 25.5 Å². The number of halogens is 1. The standard InChI is InChI=1S/C18H19FN2O3S/c1-24-18(23)16-13-4-2-3-5-14(13)25-17(16)21-15(22)10-20-12-8-6-11(19)7-9-12/h6-9,20H,2-5,10H2,1H3,(H,21,22). The molecule has 1 aromatic carbocycles. The molecule has 5 nitrogen and oxygen atoms in total. The molecule has 0 unspecified atom stereocenters. The summed E-state index contributed by atoms with van der Waals surface area (Å²) in [6, 6.07) is 5.77. The third kappa shape index (κ3) is 3.99. The third-order valence-corrected chi connectivity index (χ3v) is 5.32. The van der Waals surface area contributed by atoms with Crippen LogP contribution in [0.15, 0.2) is 24.3 Å². The van der Waals surface area contributed by atoms with Crippen molar-refractivity contribution < 1.29 is 18.7 Å². The maximum atomic E-state index is 12.9. The lowest BCUT2D eigenvalue weighted by Gasteiger charge is -2.12. The Labute approximate surface area is 149 Å². The van der Waals surface area contributed by atoms with Gasteiger partial charge in [-0.05, 0) is 55.5 Å². The van der Waals surface area contributed by atoms with Crippen LogP contribution in [0.1, 0.15) is 33.6 Å². The van der Waals surface area contributed by atoms with E-state index in [0.717, 1.165) is 36.1 Å². The molecule has 1 heterocycles. The van der Waals surface area contributed by atoms with Crippen molar-refractivity contribution in [2.24, 2.45) is 0 Å². The van der Waals surface area contributed by atoms with E-state index in [4.69, 9.17) is 4.74 Å². The molecule has 0 fully saturated rings. The monoisotopic (exact) mass is 362 g/mol. The fourth-order valence-corrected chi connectivity index (χ4v) is 4.19. The van der Waals surface area contributed by atoms with Gasteiger partial charge in [0.2, 0.25) is 5.91 Å². The molecule has 0 aliphatic heterocycles. The third-order valence-electron chi connectivity index (χ3n) is 4.11. The number of ether oxygens (including phenoxy) is 1. The lowest BCUT2D eigenvalue weighted by Crippen LogP contribution is -2.22. The first-order valence-electron chi connectivity index (χ1n) is 8.10. The molecule has 1 aromatic heterocycles. The molecular weight excluding hydrogens is 343 g/mol. The number of benzene rings is 1. The predicted octanol–water partition coefficient (Wildman–Crippen LogP) is 3.60. The minimum atomic E-state index is -0.416. The van der Waals surface area contributed by atoms with Crippen LogP contribution in [0.2, 0.25) is 0 Å². The topological polar surface area (TPSA) is 67.4 Å². The minimum absolute atomic E-state index is 0.0226. The van der Waals surface area contributed by atoms with Crippen molar-refractivity contribution in [2.75, 3.05) is 24.3 Å². The lowest BCUT2D eigenvalue weighted by molar-refractivity contribution is -0.114. The maximum absolute atomic E-state index is 12.9. The molecule has 1 aliphatic carbocycles. The summed E-state index contributed by atoms with van der Waals surface area (Å²) in [4.78, 5) is 25.5. The summed E-state index contributed by atoms with van der Waals surface area (Å²) < 4.78 is 17.8. The second-order valence-corrected chi connectivity index (χ2v) is 6.92. The first-order valence-corrected chi connectivity index (χ1v) is 8.92. The number of thiophene rings is 1. The number of nitrogens with one attached hydrogen (secondary N) is 2. The predicted molar refractivity (Wildman–Crippen MR) is 95.8 cm³/mol. The fraction of sp³-hybridized carbons (Fsp3) is 0.333. The molecule has 132 valence electrons. The zero-order valence-corrected chi connectivity index (χ0v) is 14.7. The van der Waals surface area contributed by atoms with Gasteiger partial charge in [-0.15, -0.1) is 11.3 Å². The number of hydrogen-bond donors (Lipinski definition) is 2. The largest absolute Gasteiger partial charge is 0.465 e. The van der Waals surface area contributed by atoms with E-state index in [9.17, 15) is 14.0 Å². The van der Waals surface area contributed by atoms with Gasteiger partial charge in [0.05, 0.1) is 19.2 Å². The molecule has 25 heavy (non-hydrogen) atoms. The molecule has 0 spiro atoms. The van der Waals surface area contributed by atoms with Crippen molar-refractivity contribution in [1.29, 1.82) is 0 Å². The molecule has 1 amide bonds. The Morgan fingerprint density at radius 2 is 1.92 bits per heavy atom. The Kier molecular flexibility index (Phi) is 5.33. The van der Waals surface area contributed by atoms with E-state index in [1.54, 1.807) is 12.1 Å². The van der Waals surface area contributed by atoms with Crippen LogP contribution in [0.5, 0.6) is 0 Å². The summed E-state index contributed by atoms with van der Waals surface area (Å²) in [5.74, 6) is -1.02. The summed E-state index contributed by atoms with van der Waals surface area (Å²) in [7, 11) is 1.34.